The summed E-state index contributed by atoms with van der Waals surface area (Å²) in [7, 11) is 0. The lowest BCUT2D eigenvalue weighted by Gasteiger charge is -2.20. The first kappa shape index (κ1) is 17.4. The van der Waals surface area contributed by atoms with Gasteiger partial charge in [-0.1, -0.05) is 23.7 Å². The molecule has 0 fully saturated rings. The highest BCUT2D eigenvalue weighted by molar-refractivity contribution is 8.00. The van der Waals surface area contributed by atoms with Crippen molar-refractivity contribution in [3.8, 4) is 11.5 Å². The molecule has 6 nitrogen and oxygen atoms in total. The fourth-order valence-electron chi connectivity index (χ4n) is 2.26. The van der Waals surface area contributed by atoms with E-state index < -0.39 is 5.97 Å². The number of aromatic carboxylic acids is 1. The Morgan fingerprint density at radius 1 is 1.16 bits per heavy atom. The molecule has 8 heteroatoms. The van der Waals surface area contributed by atoms with Crippen LogP contribution in [0.5, 0.6) is 11.5 Å². The maximum Gasteiger partial charge on any atom is 0.336 e. The van der Waals surface area contributed by atoms with E-state index in [1.54, 1.807) is 30.3 Å². The van der Waals surface area contributed by atoms with Crippen molar-refractivity contribution in [3.05, 3.63) is 47.0 Å². The normalized spacial score (nSPS) is 12.5. The van der Waals surface area contributed by atoms with Crippen LogP contribution < -0.4 is 14.8 Å². The number of rotatable bonds is 5. The fraction of sp³-hybridized carbons (Fsp3) is 0.176. The van der Waals surface area contributed by atoms with Crippen molar-refractivity contribution in [2.75, 3.05) is 24.3 Å². The molecule has 0 aliphatic carbocycles. The summed E-state index contributed by atoms with van der Waals surface area (Å²) in [5.74, 6) is -0.217. The maximum atomic E-state index is 12.2. The molecule has 3 rings (SSSR count). The van der Waals surface area contributed by atoms with E-state index in [0.717, 1.165) is 11.8 Å². The quantitative estimate of drug-likeness (QED) is 0.773. The molecule has 2 N–H and O–H groups in total. The first-order valence-corrected chi connectivity index (χ1v) is 8.75. The largest absolute Gasteiger partial charge is 0.486 e. The van der Waals surface area contributed by atoms with Gasteiger partial charge in [-0.3, -0.25) is 4.79 Å². The Morgan fingerprint density at radius 2 is 1.84 bits per heavy atom. The van der Waals surface area contributed by atoms with Crippen LogP contribution in [0.1, 0.15) is 10.4 Å². The van der Waals surface area contributed by atoms with Crippen LogP contribution in [-0.4, -0.2) is 35.9 Å². The molecule has 1 aliphatic rings. The van der Waals surface area contributed by atoms with Gasteiger partial charge in [-0.2, -0.15) is 0 Å². The number of nitrogens with one attached hydrogen (secondary N) is 1. The Balaban J connectivity index is 1.66. The summed E-state index contributed by atoms with van der Waals surface area (Å²) in [6, 6.07) is 9.74. The van der Waals surface area contributed by atoms with Gasteiger partial charge in [-0.05, 0) is 12.1 Å². The number of benzene rings is 2. The molecule has 0 unspecified atom stereocenters. The number of carbonyl (C=O) groups excluding carboxylic acids is 1. The van der Waals surface area contributed by atoms with Crippen molar-refractivity contribution in [3.63, 3.8) is 0 Å². The molecule has 2 aromatic rings. The minimum Gasteiger partial charge on any atom is -0.486 e. The molecule has 130 valence electrons. The number of anilines is 1. The van der Waals surface area contributed by atoms with E-state index in [1.165, 1.54) is 6.07 Å². The first-order valence-electron chi connectivity index (χ1n) is 7.38. The van der Waals surface area contributed by atoms with Crippen LogP contribution in [-0.2, 0) is 4.79 Å². The second-order valence-corrected chi connectivity index (χ2v) is 6.54. The lowest BCUT2D eigenvalue weighted by molar-refractivity contribution is -0.113. The average molecular weight is 380 g/mol. The molecule has 25 heavy (non-hydrogen) atoms. The molecule has 0 aromatic heterocycles. The number of fused-ring (bicyclic) bond motifs is 1. The summed E-state index contributed by atoms with van der Waals surface area (Å²) in [4.78, 5) is 23.9. The zero-order chi connectivity index (χ0) is 17.8. The summed E-state index contributed by atoms with van der Waals surface area (Å²) < 4.78 is 10.9. The molecule has 2 aromatic carbocycles. The highest BCUT2D eigenvalue weighted by atomic mass is 35.5. The van der Waals surface area contributed by atoms with Gasteiger partial charge in [-0.25, -0.2) is 4.79 Å². The summed E-state index contributed by atoms with van der Waals surface area (Å²) in [6.45, 7) is 0.887. The topological polar surface area (TPSA) is 84.9 Å². The standard InChI is InChI=1S/C17H14ClNO5S/c18-11-7-13-14(24-6-5-23-13)8-12(11)19-16(20)9-25-15-4-2-1-3-10(15)17(21)22/h1-4,7-8H,5-6,9H2,(H,19,20)(H,21,22). The van der Waals surface area contributed by atoms with Gasteiger partial charge < -0.3 is 19.9 Å². The molecule has 0 saturated carbocycles. The van der Waals surface area contributed by atoms with Crippen molar-refractivity contribution >= 4 is 40.9 Å². The van der Waals surface area contributed by atoms with E-state index >= 15 is 0 Å². The van der Waals surface area contributed by atoms with E-state index in [-0.39, 0.29) is 17.2 Å². The van der Waals surface area contributed by atoms with Gasteiger partial charge in [-0.15, -0.1) is 11.8 Å². The molecule has 0 atom stereocenters. The number of ether oxygens (including phenoxy) is 2. The van der Waals surface area contributed by atoms with Gasteiger partial charge in [0.05, 0.1) is 22.0 Å². The first-order chi connectivity index (χ1) is 12.0. The maximum absolute atomic E-state index is 12.2. The predicted octanol–water partition coefficient (Wildman–Crippen LogP) is 3.54. The number of hydrogen-bond acceptors (Lipinski definition) is 5. The zero-order valence-electron chi connectivity index (χ0n) is 13.0. The summed E-state index contributed by atoms with van der Waals surface area (Å²) in [5, 5.41) is 12.2. The number of hydrogen-bond donors (Lipinski definition) is 2. The Labute approximate surface area is 153 Å². The molecule has 1 heterocycles. The monoisotopic (exact) mass is 379 g/mol. The molecule has 0 bridgehead atoms. The number of carboxylic acids is 1. The zero-order valence-corrected chi connectivity index (χ0v) is 14.5. The van der Waals surface area contributed by atoms with Crippen LogP contribution in [0.3, 0.4) is 0 Å². The molecule has 0 spiro atoms. The summed E-state index contributed by atoms with van der Waals surface area (Å²) in [6.07, 6.45) is 0. The molecule has 1 amide bonds. The SMILES string of the molecule is O=C(CSc1ccccc1C(=O)O)Nc1cc2c(cc1Cl)OCCO2. The van der Waals surface area contributed by atoms with Crippen molar-refractivity contribution in [1.29, 1.82) is 0 Å². The Bertz CT molecular complexity index is 827. The van der Waals surface area contributed by atoms with Crippen LogP contribution in [0, 0.1) is 0 Å². The third-order valence-corrected chi connectivity index (χ3v) is 4.77. The number of carboxylic acid groups (broad SMARTS) is 1. The average Bonchev–Trinajstić information content (AvgIpc) is 2.60. The highest BCUT2D eigenvalue weighted by Gasteiger charge is 2.17. The van der Waals surface area contributed by atoms with Crippen LogP contribution in [0.15, 0.2) is 41.3 Å². The van der Waals surface area contributed by atoms with Gasteiger partial charge in [0.15, 0.2) is 11.5 Å². The predicted molar refractivity (Wildman–Crippen MR) is 95.2 cm³/mol. The number of carbonyl (C=O) groups is 2. The minimum absolute atomic E-state index is 0.0507. The van der Waals surface area contributed by atoms with Gasteiger partial charge in [0.2, 0.25) is 5.91 Å². The summed E-state index contributed by atoms with van der Waals surface area (Å²) in [5.41, 5.74) is 0.584. The highest BCUT2D eigenvalue weighted by Crippen LogP contribution is 2.38. The third kappa shape index (κ3) is 4.18. The van der Waals surface area contributed by atoms with E-state index in [1.807, 2.05) is 0 Å². The van der Waals surface area contributed by atoms with Crippen molar-refractivity contribution < 1.29 is 24.2 Å². The van der Waals surface area contributed by atoms with E-state index in [9.17, 15) is 9.59 Å². The van der Waals surface area contributed by atoms with E-state index in [0.29, 0.717) is 40.3 Å². The summed E-state index contributed by atoms with van der Waals surface area (Å²) >= 11 is 7.30. The minimum atomic E-state index is -1.03. The second-order valence-electron chi connectivity index (χ2n) is 5.11. The number of halogens is 1. The van der Waals surface area contributed by atoms with Crippen LogP contribution >= 0.6 is 23.4 Å². The Hall–Kier alpha value is -2.38. The van der Waals surface area contributed by atoms with Gasteiger partial charge in [0.25, 0.3) is 0 Å². The van der Waals surface area contributed by atoms with Gasteiger partial charge in [0, 0.05) is 17.0 Å². The number of thioether (sulfide) groups is 1. The lowest BCUT2D eigenvalue weighted by Crippen LogP contribution is -2.17. The van der Waals surface area contributed by atoms with E-state index in [4.69, 9.17) is 26.2 Å². The third-order valence-electron chi connectivity index (χ3n) is 3.38. The molecule has 0 radical (unpaired) electrons. The molecule has 1 aliphatic heterocycles. The van der Waals surface area contributed by atoms with Crippen LogP contribution in [0.4, 0.5) is 5.69 Å². The van der Waals surface area contributed by atoms with E-state index in [2.05, 4.69) is 5.32 Å². The molecular weight excluding hydrogens is 366 g/mol. The van der Waals surface area contributed by atoms with Gasteiger partial charge in [0.1, 0.15) is 13.2 Å². The van der Waals surface area contributed by atoms with Crippen molar-refractivity contribution in [2.45, 2.75) is 4.90 Å². The Kier molecular flexibility index (Phi) is 5.35. The van der Waals surface area contributed by atoms with Gasteiger partial charge >= 0.3 is 5.97 Å². The van der Waals surface area contributed by atoms with Crippen LogP contribution in [0.25, 0.3) is 0 Å². The van der Waals surface area contributed by atoms with Crippen LogP contribution in [0.2, 0.25) is 5.02 Å². The molecule has 0 saturated heterocycles. The second kappa shape index (κ2) is 7.67. The smallest absolute Gasteiger partial charge is 0.336 e. The number of amides is 1. The Morgan fingerprint density at radius 3 is 2.56 bits per heavy atom. The fourth-order valence-corrected chi connectivity index (χ4v) is 3.30. The van der Waals surface area contributed by atoms with Crippen molar-refractivity contribution in [1.82, 2.24) is 0 Å². The van der Waals surface area contributed by atoms with Crippen molar-refractivity contribution in [2.24, 2.45) is 0 Å². The lowest BCUT2D eigenvalue weighted by atomic mass is 10.2. The molecular formula is C17H14ClNO5S.